The van der Waals surface area contributed by atoms with Crippen molar-refractivity contribution in [3.05, 3.63) is 64.8 Å². The highest BCUT2D eigenvalue weighted by molar-refractivity contribution is 6.04. The van der Waals surface area contributed by atoms with Crippen molar-refractivity contribution >= 4 is 29.7 Å². The van der Waals surface area contributed by atoms with Crippen molar-refractivity contribution in [2.45, 2.75) is 73.8 Å². The smallest absolute Gasteiger partial charge is 0.308 e. The number of rotatable bonds is 10. The van der Waals surface area contributed by atoms with Crippen molar-refractivity contribution in [2.24, 2.45) is 5.92 Å². The summed E-state index contributed by atoms with van der Waals surface area (Å²) in [5.41, 5.74) is 2.70. The summed E-state index contributed by atoms with van der Waals surface area (Å²) in [6.45, 7) is 14.8. The van der Waals surface area contributed by atoms with Crippen molar-refractivity contribution in [2.75, 3.05) is 0 Å². The van der Waals surface area contributed by atoms with Gasteiger partial charge in [0.2, 0.25) is 0 Å². The molecule has 2 atom stereocenters. The van der Waals surface area contributed by atoms with Crippen LogP contribution in [0.2, 0.25) is 0 Å². The van der Waals surface area contributed by atoms with Crippen molar-refractivity contribution in [3.63, 3.8) is 0 Å². The zero-order valence-electron chi connectivity index (χ0n) is 25.5. The molecule has 10 nitrogen and oxygen atoms in total. The monoisotopic (exact) mass is 592 g/mol. The van der Waals surface area contributed by atoms with Crippen molar-refractivity contribution in [3.8, 4) is 28.7 Å². The highest BCUT2D eigenvalue weighted by atomic mass is 16.6. The third kappa shape index (κ3) is 8.64. The number of fused-ring (bicyclic) bond motifs is 1. The molecule has 0 aliphatic carbocycles. The number of benzene rings is 2. The van der Waals surface area contributed by atoms with Gasteiger partial charge in [-0.25, -0.2) is 0 Å². The van der Waals surface area contributed by atoms with E-state index in [1.54, 1.807) is 0 Å². The molecule has 3 rings (SSSR count). The van der Waals surface area contributed by atoms with Crippen LogP contribution in [0.25, 0.3) is 0 Å². The van der Waals surface area contributed by atoms with E-state index in [0.717, 1.165) is 11.1 Å². The number of carbonyl (C=O) groups excluding carboxylic acids is 5. The fraction of sp³-hybridized carbons (Fsp3) is 0.364. The van der Waals surface area contributed by atoms with Crippen LogP contribution in [0.3, 0.4) is 0 Å². The Morgan fingerprint density at radius 2 is 1.49 bits per heavy atom. The molecule has 10 heteroatoms. The second-order valence-corrected chi connectivity index (χ2v) is 10.6. The summed E-state index contributed by atoms with van der Waals surface area (Å²) in [7, 11) is 0. The summed E-state index contributed by atoms with van der Waals surface area (Å²) in [6, 6.07) is 5.78. The minimum atomic E-state index is -0.942. The van der Waals surface area contributed by atoms with Gasteiger partial charge in [-0.15, -0.1) is 0 Å². The van der Waals surface area contributed by atoms with E-state index >= 15 is 0 Å². The summed E-state index contributed by atoms with van der Waals surface area (Å²) in [4.78, 5) is 61.5. The van der Waals surface area contributed by atoms with Crippen LogP contribution in [0, 0.1) is 5.92 Å². The standard InChI is InChI=1S/C33H36O10/c1-17(2)9-10-23(18(3)4)13-26-30(41-21(7)36)16-31-32(33(26)42-22(8)37)27(38)15-29(43-31)25-12-11-24(39-19(5)34)14-28(25)40-20(6)35/h9,11-12,14,16,23,29H,3,10,13,15H2,1-2,4-8H3. The number of carbonyl (C=O) groups is 5. The molecule has 0 aromatic heterocycles. The molecule has 0 spiro atoms. The molecule has 2 aromatic rings. The summed E-state index contributed by atoms with van der Waals surface area (Å²) in [5, 5.41) is 0. The first-order valence-corrected chi connectivity index (χ1v) is 13.7. The fourth-order valence-electron chi connectivity index (χ4n) is 4.68. The van der Waals surface area contributed by atoms with Gasteiger partial charge < -0.3 is 23.7 Å². The molecule has 228 valence electrons. The largest absolute Gasteiger partial charge is 0.484 e. The molecule has 1 aliphatic heterocycles. The van der Waals surface area contributed by atoms with E-state index in [9.17, 15) is 24.0 Å². The molecule has 0 saturated carbocycles. The van der Waals surface area contributed by atoms with E-state index in [4.69, 9.17) is 23.7 Å². The lowest BCUT2D eigenvalue weighted by molar-refractivity contribution is -0.133. The minimum absolute atomic E-state index is 0.0199. The molecule has 0 bridgehead atoms. The predicted octanol–water partition coefficient (Wildman–Crippen LogP) is 6.19. The fourth-order valence-corrected chi connectivity index (χ4v) is 4.68. The van der Waals surface area contributed by atoms with Crippen molar-refractivity contribution in [1.82, 2.24) is 0 Å². The van der Waals surface area contributed by atoms with E-state index in [2.05, 4.69) is 12.7 Å². The molecular formula is C33H36O10. The Hall–Kier alpha value is -4.73. The van der Waals surface area contributed by atoms with Crippen LogP contribution in [-0.2, 0) is 25.6 Å². The third-order valence-corrected chi connectivity index (χ3v) is 6.53. The Kier molecular flexibility index (Phi) is 10.6. The highest BCUT2D eigenvalue weighted by Crippen LogP contribution is 2.48. The average molecular weight is 593 g/mol. The van der Waals surface area contributed by atoms with Gasteiger partial charge in [-0.2, -0.15) is 0 Å². The normalized spacial score (nSPS) is 14.4. The quantitative estimate of drug-likeness (QED) is 0.179. The zero-order valence-corrected chi connectivity index (χ0v) is 25.5. The van der Waals surface area contributed by atoms with Crippen LogP contribution in [0.5, 0.6) is 28.7 Å². The van der Waals surface area contributed by atoms with Crippen LogP contribution in [-0.4, -0.2) is 29.7 Å². The van der Waals surface area contributed by atoms with Gasteiger partial charge in [0.05, 0.1) is 6.42 Å². The molecule has 1 aliphatic rings. The summed E-state index contributed by atoms with van der Waals surface area (Å²) in [6.07, 6.45) is 1.81. The molecule has 0 saturated heterocycles. The van der Waals surface area contributed by atoms with Crippen LogP contribution >= 0.6 is 0 Å². The zero-order chi connectivity index (χ0) is 32.0. The van der Waals surface area contributed by atoms with Gasteiger partial charge in [0.15, 0.2) is 11.5 Å². The van der Waals surface area contributed by atoms with Gasteiger partial charge in [-0.3, -0.25) is 24.0 Å². The van der Waals surface area contributed by atoms with Crippen molar-refractivity contribution in [1.29, 1.82) is 0 Å². The molecule has 0 N–H and O–H groups in total. The Bertz CT molecular complexity index is 1510. The van der Waals surface area contributed by atoms with E-state index in [1.165, 1.54) is 52.0 Å². The Labute approximate surface area is 250 Å². The minimum Gasteiger partial charge on any atom is -0.484 e. The number of Topliss-reactive ketones (excluding diaryl/α,β-unsaturated/α-hetero) is 1. The Balaban J connectivity index is 2.19. The number of hydrogen-bond acceptors (Lipinski definition) is 10. The second-order valence-electron chi connectivity index (χ2n) is 10.6. The highest BCUT2D eigenvalue weighted by Gasteiger charge is 2.36. The topological polar surface area (TPSA) is 132 Å². The number of allylic oxidation sites excluding steroid dienone is 3. The van der Waals surface area contributed by atoms with Gasteiger partial charge in [0, 0.05) is 51.0 Å². The lowest BCUT2D eigenvalue weighted by Gasteiger charge is -2.30. The molecular weight excluding hydrogens is 556 g/mol. The molecule has 2 aromatic carbocycles. The number of esters is 4. The van der Waals surface area contributed by atoms with Gasteiger partial charge in [0.25, 0.3) is 0 Å². The molecule has 0 fully saturated rings. The Morgan fingerprint density at radius 3 is 2.05 bits per heavy atom. The summed E-state index contributed by atoms with van der Waals surface area (Å²) >= 11 is 0. The molecule has 43 heavy (non-hydrogen) atoms. The summed E-state index contributed by atoms with van der Waals surface area (Å²) in [5.74, 6) is -2.81. The second kappa shape index (κ2) is 14.0. The van der Waals surface area contributed by atoms with Crippen LogP contribution < -0.4 is 23.7 Å². The lowest BCUT2D eigenvalue weighted by Crippen LogP contribution is -2.24. The Morgan fingerprint density at radius 1 is 0.884 bits per heavy atom. The summed E-state index contributed by atoms with van der Waals surface area (Å²) < 4.78 is 27.9. The van der Waals surface area contributed by atoms with Crippen LogP contribution in [0.4, 0.5) is 0 Å². The predicted molar refractivity (Wildman–Crippen MR) is 156 cm³/mol. The molecule has 1 heterocycles. The van der Waals surface area contributed by atoms with Gasteiger partial charge in [-0.05, 0) is 51.7 Å². The molecule has 0 radical (unpaired) electrons. The molecule has 2 unspecified atom stereocenters. The first kappa shape index (κ1) is 32.8. The van der Waals surface area contributed by atoms with Gasteiger partial charge in [-0.1, -0.05) is 23.8 Å². The first-order chi connectivity index (χ1) is 20.2. The molecule has 0 amide bonds. The van der Waals surface area contributed by atoms with E-state index in [-0.39, 0.29) is 53.1 Å². The number of ketones is 1. The number of hydrogen-bond donors (Lipinski definition) is 0. The first-order valence-electron chi connectivity index (χ1n) is 13.7. The average Bonchev–Trinajstić information content (AvgIpc) is 2.85. The maximum atomic E-state index is 13.8. The maximum Gasteiger partial charge on any atom is 0.308 e. The van der Waals surface area contributed by atoms with Crippen molar-refractivity contribution < 1.29 is 47.7 Å². The van der Waals surface area contributed by atoms with Crippen LogP contribution in [0.15, 0.2) is 48.1 Å². The van der Waals surface area contributed by atoms with Crippen LogP contribution in [0.1, 0.15) is 88.9 Å². The SMILES string of the molecule is C=C(C)C(CC=C(C)C)Cc1c(OC(C)=O)cc2c(c1OC(C)=O)C(=O)CC(c1ccc(OC(C)=O)cc1OC(C)=O)O2. The van der Waals surface area contributed by atoms with E-state index in [1.807, 2.05) is 20.8 Å². The van der Waals surface area contributed by atoms with E-state index < -0.39 is 35.8 Å². The van der Waals surface area contributed by atoms with Gasteiger partial charge in [0.1, 0.15) is 34.7 Å². The maximum absolute atomic E-state index is 13.8. The number of ether oxygens (including phenoxy) is 5. The van der Waals surface area contributed by atoms with E-state index in [0.29, 0.717) is 17.5 Å². The lowest BCUT2D eigenvalue weighted by atomic mass is 9.86. The van der Waals surface area contributed by atoms with Gasteiger partial charge >= 0.3 is 23.9 Å². The third-order valence-electron chi connectivity index (χ3n) is 6.53.